The Morgan fingerprint density at radius 1 is 1.16 bits per heavy atom. The molecule has 0 aliphatic rings. The first-order valence-corrected chi connectivity index (χ1v) is 7.00. The summed E-state index contributed by atoms with van der Waals surface area (Å²) < 4.78 is 12.9. The molecule has 0 aliphatic carbocycles. The number of halogens is 1. The Bertz CT molecular complexity index is 411. The molecule has 1 atom stereocenters. The van der Waals surface area contributed by atoms with Gasteiger partial charge in [0.2, 0.25) is 0 Å². The van der Waals surface area contributed by atoms with Gasteiger partial charge in [0.1, 0.15) is 5.82 Å². The van der Waals surface area contributed by atoms with Gasteiger partial charge in [0, 0.05) is 6.42 Å². The average Bonchev–Trinajstić information content (AvgIpc) is 2.42. The number of Topliss-reactive ketones (excluding diaryl/α,β-unsaturated/α-hetero) is 1. The fourth-order valence-corrected chi connectivity index (χ4v) is 2.50. The van der Waals surface area contributed by atoms with Crippen LogP contribution in [-0.4, -0.2) is 29.3 Å². The first-order chi connectivity index (χ1) is 8.97. The van der Waals surface area contributed by atoms with Gasteiger partial charge in [-0.2, -0.15) is 0 Å². The van der Waals surface area contributed by atoms with Gasteiger partial charge in [0.05, 0.1) is 5.54 Å². The third-order valence-electron chi connectivity index (χ3n) is 4.03. The number of ketones is 1. The molecule has 1 aromatic rings. The highest BCUT2D eigenvalue weighted by Crippen LogP contribution is 2.22. The molecular formula is C16H24FNO. The number of carbonyl (C=O) groups excluding carboxylic acids is 1. The normalized spacial score (nSPS) is 14.4. The molecule has 19 heavy (non-hydrogen) atoms. The molecule has 0 saturated heterocycles. The molecule has 0 amide bonds. The molecule has 1 rings (SSSR count). The largest absolute Gasteiger partial charge is 0.297 e. The first-order valence-electron chi connectivity index (χ1n) is 7.00. The van der Waals surface area contributed by atoms with E-state index in [1.54, 1.807) is 12.1 Å². The highest BCUT2D eigenvalue weighted by molar-refractivity contribution is 5.89. The smallest absolute Gasteiger partial charge is 0.157 e. The number of hydrogen-bond acceptors (Lipinski definition) is 2. The third kappa shape index (κ3) is 3.63. The Morgan fingerprint density at radius 3 is 2.11 bits per heavy atom. The second-order valence-corrected chi connectivity index (χ2v) is 5.03. The van der Waals surface area contributed by atoms with E-state index in [0.29, 0.717) is 6.42 Å². The number of benzene rings is 1. The molecule has 1 unspecified atom stereocenters. The molecule has 2 nitrogen and oxygen atoms in total. The van der Waals surface area contributed by atoms with Gasteiger partial charge in [-0.25, -0.2) is 4.39 Å². The van der Waals surface area contributed by atoms with Gasteiger partial charge in [0.25, 0.3) is 0 Å². The fourth-order valence-electron chi connectivity index (χ4n) is 2.50. The highest BCUT2D eigenvalue weighted by Gasteiger charge is 2.35. The maximum absolute atomic E-state index is 12.9. The Morgan fingerprint density at radius 2 is 1.68 bits per heavy atom. The van der Waals surface area contributed by atoms with E-state index >= 15 is 0 Å². The Hall–Kier alpha value is -1.22. The maximum atomic E-state index is 12.9. The van der Waals surface area contributed by atoms with Gasteiger partial charge in [-0.15, -0.1) is 0 Å². The molecule has 0 bridgehead atoms. The van der Waals surface area contributed by atoms with Crippen LogP contribution in [0.2, 0.25) is 0 Å². The number of likely N-dealkylation sites (N-methyl/N-ethyl adjacent to an activating group) is 1. The van der Waals surface area contributed by atoms with Crippen LogP contribution in [0.15, 0.2) is 24.3 Å². The zero-order chi connectivity index (χ0) is 14.5. The highest BCUT2D eigenvalue weighted by atomic mass is 19.1. The van der Waals surface area contributed by atoms with Crippen LogP contribution in [0, 0.1) is 5.82 Å². The number of carbonyl (C=O) groups is 1. The number of nitrogens with zero attached hydrogens (tertiary/aromatic N) is 1. The summed E-state index contributed by atoms with van der Waals surface area (Å²) in [5.41, 5.74) is 0.441. The third-order valence-corrected chi connectivity index (χ3v) is 4.03. The summed E-state index contributed by atoms with van der Waals surface area (Å²) in [6.45, 7) is 9.91. The minimum atomic E-state index is -0.433. The van der Waals surface area contributed by atoms with Crippen LogP contribution in [0.1, 0.15) is 39.7 Å². The van der Waals surface area contributed by atoms with Gasteiger partial charge in [-0.05, 0) is 44.1 Å². The Labute approximate surface area is 115 Å². The van der Waals surface area contributed by atoms with Crippen LogP contribution in [0.5, 0.6) is 0 Å². The van der Waals surface area contributed by atoms with Crippen molar-refractivity contribution in [2.75, 3.05) is 13.1 Å². The molecule has 1 aromatic carbocycles. The van der Waals surface area contributed by atoms with E-state index in [0.717, 1.165) is 25.1 Å². The van der Waals surface area contributed by atoms with Crippen LogP contribution in [0.3, 0.4) is 0 Å². The summed E-state index contributed by atoms with van der Waals surface area (Å²) in [6.07, 6.45) is 1.15. The number of rotatable bonds is 7. The molecule has 0 saturated carbocycles. The van der Waals surface area contributed by atoms with Gasteiger partial charge < -0.3 is 0 Å². The molecular weight excluding hydrogens is 241 g/mol. The first kappa shape index (κ1) is 15.8. The maximum Gasteiger partial charge on any atom is 0.157 e. The molecule has 0 radical (unpaired) electrons. The molecule has 0 heterocycles. The summed E-state index contributed by atoms with van der Waals surface area (Å²) in [5.74, 6) is -0.0662. The molecule has 0 spiro atoms. The quantitative estimate of drug-likeness (QED) is 0.752. The molecule has 106 valence electrons. The van der Waals surface area contributed by atoms with Crippen molar-refractivity contribution in [1.29, 1.82) is 0 Å². The van der Waals surface area contributed by atoms with Crippen molar-refractivity contribution < 1.29 is 9.18 Å². The summed E-state index contributed by atoms with van der Waals surface area (Å²) in [5, 5.41) is 0. The SMILES string of the molecule is CCN(CC)C(C)(CC)C(=O)Cc1ccc(F)cc1. The molecule has 0 N–H and O–H groups in total. The van der Waals surface area contributed by atoms with Gasteiger partial charge >= 0.3 is 0 Å². The van der Waals surface area contributed by atoms with Crippen molar-refractivity contribution in [3.8, 4) is 0 Å². The zero-order valence-electron chi connectivity index (χ0n) is 12.4. The van der Waals surface area contributed by atoms with Crippen molar-refractivity contribution in [3.05, 3.63) is 35.6 Å². The van der Waals surface area contributed by atoms with Crippen LogP contribution in [0.4, 0.5) is 4.39 Å². The van der Waals surface area contributed by atoms with Crippen LogP contribution < -0.4 is 0 Å². The lowest BCUT2D eigenvalue weighted by atomic mass is 9.87. The van der Waals surface area contributed by atoms with Gasteiger partial charge in [-0.3, -0.25) is 9.69 Å². The predicted molar refractivity (Wildman–Crippen MR) is 76.7 cm³/mol. The van der Waals surface area contributed by atoms with Crippen molar-refractivity contribution in [1.82, 2.24) is 4.90 Å². The second-order valence-electron chi connectivity index (χ2n) is 5.03. The monoisotopic (exact) mass is 265 g/mol. The summed E-state index contributed by atoms with van der Waals surface area (Å²) in [7, 11) is 0. The zero-order valence-corrected chi connectivity index (χ0v) is 12.4. The van der Waals surface area contributed by atoms with E-state index in [4.69, 9.17) is 0 Å². The molecule has 0 aliphatic heterocycles. The average molecular weight is 265 g/mol. The van der Waals surface area contributed by atoms with Gasteiger partial charge in [-0.1, -0.05) is 32.9 Å². The molecule has 0 aromatic heterocycles. The van der Waals surface area contributed by atoms with E-state index in [9.17, 15) is 9.18 Å². The second kappa shape index (κ2) is 6.80. The molecule has 3 heteroatoms. The number of hydrogen-bond donors (Lipinski definition) is 0. The van der Waals surface area contributed by atoms with Crippen LogP contribution in [0.25, 0.3) is 0 Å². The van der Waals surface area contributed by atoms with Crippen molar-refractivity contribution in [2.45, 2.75) is 46.1 Å². The minimum Gasteiger partial charge on any atom is -0.297 e. The van der Waals surface area contributed by atoms with E-state index in [1.807, 2.05) is 13.8 Å². The van der Waals surface area contributed by atoms with Crippen molar-refractivity contribution >= 4 is 5.78 Å². The van der Waals surface area contributed by atoms with E-state index in [1.165, 1.54) is 12.1 Å². The fraction of sp³-hybridized carbons (Fsp3) is 0.562. The Kier molecular flexibility index (Phi) is 5.67. The van der Waals surface area contributed by atoms with E-state index in [-0.39, 0.29) is 11.6 Å². The summed E-state index contributed by atoms with van der Waals surface area (Å²) in [4.78, 5) is 14.8. The van der Waals surface area contributed by atoms with Crippen LogP contribution in [-0.2, 0) is 11.2 Å². The lowest BCUT2D eigenvalue weighted by molar-refractivity contribution is -0.129. The van der Waals surface area contributed by atoms with E-state index in [2.05, 4.69) is 18.7 Å². The topological polar surface area (TPSA) is 20.3 Å². The van der Waals surface area contributed by atoms with Crippen molar-refractivity contribution in [2.24, 2.45) is 0 Å². The van der Waals surface area contributed by atoms with Gasteiger partial charge in [0.15, 0.2) is 5.78 Å². The van der Waals surface area contributed by atoms with Crippen molar-refractivity contribution in [3.63, 3.8) is 0 Å². The minimum absolute atomic E-state index is 0.199. The lowest BCUT2D eigenvalue weighted by Crippen LogP contribution is -2.52. The lowest BCUT2D eigenvalue weighted by Gasteiger charge is -2.38. The predicted octanol–water partition coefficient (Wildman–Crippen LogP) is 3.45. The van der Waals surface area contributed by atoms with Crippen LogP contribution >= 0.6 is 0 Å². The standard InChI is InChI=1S/C16H24FNO/c1-5-16(4,18(6-2)7-3)15(19)12-13-8-10-14(17)11-9-13/h8-11H,5-7,12H2,1-4H3. The van der Waals surface area contributed by atoms with E-state index < -0.39 is 5.54 Å². The summed E-state index contributed by atoms with van der Waals surface area (Å²) in [6, 6.07) is 6.18. The molecule has 0 fully saturated rings. The Balaban J connectivity index is 2.87. The summed E-state index contributed by atoms with van der Waals surface area (Å²) >= 11 is 0.